The van der Waals surface area contributed by atoms with Gasteiger partial charge in [-0.15, -0.1) is 0 Å². The Hall–Kier alpha value is -6.64. The number of hydrogen-bond donors (Lipinski definition) is 0. The number of aryl methyl sites for hydroxylation is 2. The monoisotopic (exact) mass is 694 g/mol. The Bertz CT molecular complexity index is 2670. The van der Waals surface area contributed by atoms with Crippen LogP contribution in [0.15, 0.2) is 194 Å². The Morgan fingerprint density at radius 2 is 0.796 bits per heavy atom. The van der Waals surface area contributed by atoms with Crippen molar-refractivity contribution in [2.45, 2.75) is 26.7 Å². The van der Waals surface area contributed by atoms with Crippen molar-refractivity contribution < 1.29 is 0 Å². The van der Waals surface area contributed by atoms with E-state index in [-0.39, 0.29) is 0 Å². The Kier molecular flexibility index (Phi) is 8.86. The summed E-state index contributed by atoms with van der Waals surface area (Å²) in [4.78, 5) is 4.76. The molecule has 0 saturated carbocycles. The number of benzene rings is 8. The first-order valence-corrected chi connectivity index (χ1v) is 18.9. The van der Waals surface area contributed by atoms with Crippen LogP contribution in [0.4, 0.5) is 34.1 Å². The van der Waals surface area contributed by atoms with Crippen molar-refractivity contribution >= 4 is 61.2 Å². The molecule has 0 atom stereocenters. The highest BCUT2D eigenvalue weighted by molar-refractivity contribution is 6.08. The topological polar surface area (TPSA) is 6.48 Å². The molecule has 0 N–H and O–H groups in total. The normalized spacial score (nSPS) is 12.5. The van der Waals surface area contributed by atoms with Gasteiger partial charge in [-0.3, -0.25) is 0 Å². The first-order valence-electron chi connectivity index (χ1n) is 18.9. The molecule has 1 aliphatic carbocycles. The summed E-state index contributed by atoms with van der Waals surface area (Å²) < 4.78 is 0. The number of anilines is 6. The molecule has 54 heavy (non-hydrogen) atoms. The zero-order chi connectivity index (χ0) is 36.4. The molecule has 0 saturated heterocycles. The third-order valence-electron chi connectivity index (χ3n) is 10.8. The zero-order valence-electron chi connectivity index (χ0n) is 30.8. The summed E-state index contributed by atoms with van der Waals surface area (Å²) in [7, 11) is 0. The molecule has 8 aromatic rings. The summed E-state index contributed by atoms with van der Waals surface area (Å²) in [5.41, 5.74) is 14.3. The van der Waals surface area contributed by atoms with E-state index in [1.165, 1.54) is 54.9 Å². The van der Waals surface area contributed by atoms with E-state index in [4.69, 9.17) is 0 Å². The maximum absolute atomic E-state index is 2.39. The maximum atomic E-state index is 2.39. The van der Waals surface area contributed by atoms with E-state index in [1.807, 2.05) is 0 Å². The second-order valence-electron chi connectivity index (χ2n) is 14.2. The van der Waals surface area contributed by atoms with Crippen LogP contribution in [0.25, 0.3) is 38.2 Å². The predicted molar refractivity (Wildman–Crippen MR) is 232 cm³/mol. The molecule has 0 unspecified atom stereocenters. The Morgan fingerprint density at radius 3 is 1.31 bits per heavy atom. The van der Waals surface area contributed by atoms with Gasteiger partial charge in [-0.05, 0) is 154 Å². The second kappa shape index (κ2) is 14.4. The molecule has 0 aromatic heterocycles. The maximum Gasteiger partial charge on any atom is 0.0468 e. The number of para-hydroxylation sites is 2. The first kappa shape index (κ1) is 33.2. The Balaban J connectivity index is 1.16. The average Bonchev–Trinajstić information content (AvgIpc) is 3.25. The molecular formula is C52H42N2. The van der Waals surface area contributed by atoms with E-state index in [1.54, 1.807) is 0 Å². The van der Waals surface area contributed by atoms with E-state index in [0.29, 0.717) is 0 Å². The fraction of sp³-hybridized carbons (Fsp3) is 0.0769. The van der Waals surface area contributed by atoms with Gasteiger partial charge in [0.25, 0.3) is 0 Å². The van der Waals surface area contributed by atoms with Crippen molar-refractivity contribution in [1.82, 2.24) is 0 Å². The van der Waals surface area contributed by atoms with Crippen LogP contribution in [0.5, 0.6) is 0 Å². The minimum atomic E-state index is 1.09. The van der Waals surface area contributed by atoms with Crippen LogP contribution in [0.1, 0.15) is 29.5 Å². The van der Waals surface area contributed by atoms with Crippen LogP contribution in [0.2, 0.25) is 0 Å². The van der Waals surface area contributed by atoms with E-state index < -0.39 is 0 Å². The standard InChI is InChI=1S/C52H42N2/c1-37-49-31-29-48(54(44-25-13-6-14-26-44)46-28-16-22-42(34-46)40-19-9-4-10-20-40)36-52(49)38(2)50-32-30-47(35-51(37)50)53(43-23-11-5-12-24-43)45-27-15-21-41(33-45)39-17-7-3-8-18-39/h3,5-9,11-36H,4,10H2,1-2H3. The summed E-state index contributed by atoms with van der Waals surface area (Å²) in [6.07, 6.45) is 9.09. The lowest BCUT2D eigenvalue weighted by Gasteiger charge is -2.28. The number of hydrogen-bond acceptors (Lipinski definition) is 2. The van der Waals surface area contributed by atoms with Gasteiger partial charge in [-0.1, -0.05) is 121 Å². The van der Waals surface area contributed by atoms with E-state index in [0.717, 1.165) is 47.0 Å². The molecular weight excluding hydrogens is 653 g/mol. The minimum Gasteiger partial charge on any atom is -0.310 e. The Morgan fingerprint density at radius 1 is 0.352 bits per heavy atom. The molecule has 0 amide bonds. The van der Waals surface area contributed by atoms with Crippen LogP contribution < -0.4 is 9.80 Å². The molecule has 1 aliphatic rings. The van der Waals surface area contributed by atoms with Crippen LogP contribution in [0.3, 0.4) is 0 Å². The highest BCUT2D eigenvalue weighted by atomic mass is 15.1. The van der Waals surface area contributed by atoms with Gasteiger partial charge in [0.2, 0.25) is 0 Å². The third kappa shape index (κ3) is 6.27. The average molecular weight is 695 g/mol. The molecule has 0 bridgehead atoms. The van der Waals surface area contributed by atoms with E-state index in [2.05, 4.69) is 218 Å². The highest BCUT2D eigenvalue weighted by Crippen LogP contribution is 2.43. The van der Waals surface area contributed by atoms with Crippen molar-refractivity contribution in [3.05, 3.63) is 211 Å². The largest absolute Gasteiger partial charge is 0.310 e. The van der Waals surface area contributed by atoms with Crippen molar-refractivity contribution in [3.63, 3.8) is 0 Å². The van der Waals surface area contributed by atoms with Gasteiger partial charge in [-0.25, -0.2) is 0 Å². The number of fused-ring (bicyclic) bond motifs is 2. The molecule has 9 rings (SSSR count). The second-order valence-corrected chi connectivity index (χ2v) is 14.2. The van der Waals surface area contributed by atoms with Crippen LogP contribution >= 0.6 is 0 Å². The van der Waals surface area contributed by atoms with Crippen LogP contribution in [-0.2, 0) is 0 Å². The molecule has 0 heterocycles. The summed E-state index contributed by atoms with van der Waals surface area (Å²) in [6, 6.07) is 63.8. The summed E-state index contributed by atoms with van der Waals surface area (Å²) in [5, 5.41) is 5.09. The fourth-order valence-corrected chi connectivity index (χ4v) is 8.06. The number of nitrogens with zero attached hydrogens (tertiary/aromatic N) is 2. The smallest absolute Gasteiger partial charge is 0.0468 e. The molecule has 260 valence electrons. The first-order chi connectivity index (χ1) is 26.6. The lowest BCUT2D eigenvalue weighted by atomic mass is 9.92. The van der Waals surface area contributed by atoms with Gasteiger partial charge in [0.1, 0.15) is 0 Å². The van der Waals surface area contributed by atoms with Gasteiger partial charge in [0, 0.05) is 34.1 Å². The number of rotatable bonds is 8. The van der Waals surface area contributed by atoms with Gasteiger partial charge >= 0.3 is 0 Å². The van der Waals surface area contributed by atoms with Crippen molar-refractivity contribution in [1.29, 1.82) is 0 Å². The summed E-state index contributed by atoms with van der Waals surface area (Å²) in [6.45, 7) is 4.56. The summed E-state index contributed by atoms with van der Waals surface area (Å²) >= 11 is 0. The molecule has 0 radical (unpaired) electrons. The highest BCUT2D eigenvalue weighted by Gasteiger charge is 2.19. The minimum absolute atomic E-state index is 1.09. The lowest BCUT2D eigenvalue weighted by Crippen LogP contribution is -2.10. The van der Waals surface area contributed by atoms with Crippen LogP contribution in [0, 0.1) is 13.8 Å². The summed E-state index contributed by atoms with van der Waals surface area (Å²) in [5.74, 6) is 0. The quantitative estimate of drug-likeness (QED) is 0.146. The van der Waals surface area contributed by atoms with Crippen molar-refractivity contribution in [3.8, 4) is 11.1 Å². The van der Waals surface area contributed by atoms with Crippen molar-refractivity contribution in [2.24, 2.45) is 0 Å². The molecule has 8 aromatic carbocycles. The van der Waals surface area contributed by atoms with E-state index in [9.17, 15) is 0 Å². The Labute approximate surface area is 318 Å². The zero-order valence-corrected chi connectivity index (χ0v) is 30.8. The molecule has 0 spiro atoms. The van der Waals surface area contributed by atoms with Gasteiger partial charge in [0.05, 0.1) is 0 Å². The lowest BCUT2D eigenvalue weighted by molar-refractivity contribution is 1.04. The van der Waals surface area contributed by atoms with E-state index >= 15 is 0 Å². The van der Waals surface area contributed by atoms with Gasteiger partial charge < -0.3 is 9.80 Å². The fourth-order valence-electron chi connectivity index (χ4n) is 8.06. The molecule has 2 nitrogen and oxygen atoms in total. The molecule has 2 heteroatoms. The van der Waals surface area contributed by atoms with Gasteiger partial charge in [0.15, 0.2) is 0 Å². The number of allylic oxidation sites excluding steroid dienone is 4. The predicted octanol–water partition coefficient (Wildman–Crippen LogP) is 14.9. The SMILES string of the molecule is Cc1c2ccc(N(c3ccccc3)c3cccc(-c4ccccc4)c3)cc2c(C)c2ccc(N(c3ccccc3)c3cccc(C4=CCCC=C4)c3)cc12. The third-order valence-corrected chi connectivity index (χ3v) is 10.8. The van der Waals surface area contributed by atoms with Crippen molar-refractivity contribution in [2.75, 3.05) is 9.80 Å². The van der Waals surface area contributed by atoms with Crippen LogP contribution in [-0.4, -0.2) is 0 Å². The van der Waals surface area contributed by atoms with Gasteiger partial charge in [-0.2, -0.15) is 0 Å². The molecule has 0 fully saturated rings. The molecule has 0 aliphatic heterocycles.